The van der Waals surface area contributed by atoms with Gasteiger partial charge in [0.2, 0.25) is 0 Å². The summed E-state index contributed by atoms with van der Waals surface area (Å²) in [6.07, 6.45) is 1.22. The Labute approximate surface area is 109 Å². The average Bonchev–Trinajstić information content (AvgIpc) is 2.97. The van der Waals surface area contributed by atoms with E-state index in [1.165, 1.54) is 6.20 Å². The molecule has 6 heteroatoms. The van der Waals surface area contributed by atoms with E-state index in [4.69, 9.17) is 14.2 Å². The standard InChI is InChI=1S/C13H12N2O4/c16-13(18-7-9-6-17-8-19-9)11-5-14-15-12-4-2-1-3-10(11)12/h1-5,9H,6-8H2. The third-order valence-corrected chi connectivity index (χ3v) is 2.86. The SMILES string of the molecule is O=C(OCC1COCO1)c1cnnc2ccccc12. The highest BCUT2D eigenvalue weighted by Gasteiger charge is 2.19. The van der Waals surface area contributed by atoms with Crippen molar-refractivity contribution in [2.75, 3.05) is 20.0 Å². The molecule has 1 aliphatic heterocycles. The van der Waals surface area contributed by atoms with E-state index in [-0.39, 0.29) is 19.5 Å². The Morgan fingerprint density at radius 3 is 3.16 bits per heavy atom. The molecule has 1 aliphatic rings. The molecule has 6 nitrogen and oxygen atoms in total. The third kappa shape index (κ3) is 2.54. The predicted octanol–water partition coefficient (Wildman–Crippen LogP) is 1.16. The van der Waals surface area contributed by atoms with E-state index in [0.717, 1.165) is 5.39 Å². The van der Waals surface area contributed by atoms with E-state index in [0.29, 0.717) is 17.7 Å². The minimum atomic E-state index is -0.429. The number of fused-ring (bicyclic) bond motifs is 1. The molecule has 0 aliphatic carbocycles. The quantitative estimate of drug-likeness (QED) is 0.771. The summed E-state index contributed by atoms with van der Waals surface area (Å²) in [4.78, 5) is 12.0. The Bertz CT molecular complexity index is 591. The first-order valence-corrected chi connectivity index (χ1v) is 5.91. The monoisotopic (exact) mass is 260 g/mol. The maximum absolute atomic E-state index is 12.0. The van der Waals surface area contributed by atoms with E-state index in [2.05, 4.69) is 10.2 Å². The van der Waals surface area contributed by atoms with Crippen LogP contribution < -0.4 is 0 Å². The zero-order valence-electron chi connectivity index (χ0n) is 10.1. The zero-order chi connectivity index (χ0) is 13.1. The fourth-order valence-corrected chi connectivity index (χ4v) is 1.88. The molecule has 19 heavy (non-hydrogen) atoms. The van der Waals surface area contributed by atoms with E-state index in [1.54, 1.807) is 6.07 Å². The summed E-state index contributed by atoms with van der Waals surface area (Å²) in [6, 6.07) is 7.30. The Kier molecular flexibility index (Phi) is 3.35. The number of carbonyl (C=O) groups excluding carboxylic acids is 1. The maximum atomic E-state index is 12.0. The first-order valence-electron chi connectivity index (χ1n) is 5.91. The second-order valence-electron chi connectivity index (χ2n) is 4.15. The minimum absolute atomic E-state index is 0.176. The lowest BCUT2D eigenvalue weighted by atomic mass is 10.1. The number of hydrogen-bond donors (Lipinski definition) is 0. The molecule has 2 aromatic rings. The van der Waals surface area contributed by atoms with E-state index in [9.17, 15) is 4.79 Å². The summed E-state index contributed by atoms with van der Waals surface area (Å²) in [7, 11) is 0. The van der Waals surface area contributed by atoms with Gasteiger partial charge in [0.05, 0.1) is 23.9 Å². The molecule has 1 saturated heterocycles. The summed E-state index contributed by atoms with van der Waals surface area (Å²) < 4.78 is 15.4. The van der Waals surface area contributed by atoms with Gasteiger partial charge in [-0.3, -0.25) is 0 Å². The number of nitrogens with zero attached hydrogens (tertiary/aromatic N) is 2. The molecule has 1 fully saturated rings. The molecule has 0 saturated carbocycles. The lowest BCUT2D eigenvalue weighted by Crippen LogP contribution is -2.20. The second kappa shape index (κ2) is 5.29. The molecule has 1 aromatic heterocycles. The normalized spacial score (nSPS) is 18.6. The second-order valence-corrected chi connectivity index (χ2v) is 4.15. The molecule has 0 bridgehead atoms. The Morgan fingerprint density at radius 2 is 2.32 bits per heavy atom. The molecule has 3 rings (SSSR count). The summed E-state index contributed by atoms with van der Waals surface area (Å²) in [5.41, 5.74) is 1.07. The molecule has 1 atom stereocenters. The van der Waals surface area contributed by atoms with Crippen LogP contribution in [0.15, 0.2) is 30.5 Å². The van der Waals surface area contributed by atoms with Gasteiger partial charge in [-0.25, -0.2) is 4.79 Å². The fraction of sp³-hybridized carbons (Fsp3) is 0.308. The lowest BCUT2D eigenvalue weighted by molar-refractivity contribution is 0.00778. The number of benzene rings is 1. The number of carbonyl (C=O) groups is 1. The van der Waals surface area contributed by atoms with Gasteiger partial charge in [0.15, 0.2) is 0 Å². The highest BCUT2D eigenvalue weighted by atomic mass is 16.7. The largest absolute Gasteiger partial charge is 0.459 e. The van der Waals surface area contributed by atoms with Crippen LogP contribution in [0, 0.1) is 0 Å². The fourth-order valence-electron chi connectivity index (χ4n) is 1.88. The van der Waals surface area contributed by atoms with Gasteiger partial charge in [-0.1, -0.05) is 18.2 Å². The first-order chi connectivity index (χ1) is 9.34. The van der Waals surface area contributed by atoms with Gasteiger partial charge in [-0.15, -0.1) is 0 Å². The van der Waals surface area contributed by atoms with Gasteiger partial charge in [-0.2, -0.15) is 10.2 Å². The molecule has 1 aromatic carbocycles. The van der Waals surface area contributed by atoms with E-state index in [1.807, 2.05) is 18.2 Å². The molecule has 0 radical (unpaired) electrons. The van der Waals surface area contributed by atoms with E-state index >= 15 is 0 Å². The Morgan fingerprint density at radius 1 is 1.42 bits per heavy atom. The number of hydrogen-bond acceptors (Lipinski definition) is 6. The molecule has 2 heterocycles. The van der Waals surface area contributed by atoms with Crippen LogP contribution in [0.3, 0.4) is 0 Å². The van der Waals surface area contributed by atoms with Crippen LogP contribution in [0.5, 0.6) is 0 Å². The Hall–Kier alpha value is -2.05. The van der Waals surface area contributed by atoms with Crippen LogP contribution in [0.25, 0.3) is 10.9 Å². The number of aromatic nitrogens is 2. The van der Waals surface area contributed by atoms with E-state index < -0.39 is 5.97 Å². The first kappa shape index (κ1) is 12.0. The van der Waals surface area contributed by atoms with Crippen LogP contribution in [-0.4, -0.2) is 42.3 Å². The topological polar surface area (TPSA) is 70.5 Å². The molecule has 0 spiro atoms. The van der Waals surface area contributed by atoms with Crippen molar-refractivity contribution in [2.24, 2.45) is 0 Å². The zero-order valence-corrected chi connectivity index (χ0v) is 10.1. The van der Waals surface area contributed by atoms with Gasteiger partial charge in [0, 0.05) is 5.39 Å². The van der Waals surface area contributed by atoms with Crippen molar-refractivity contribution in [3.05, 3.63) is 36.0 Å². The van der Waals surface area contributed by atoms with Crippen molar-refractivity contribution in [2.45, 2.75) is 6.10 Å². The van der Waals surface area contributed by atoms with Crippen molar-refractivity contribution in [1.29, 1.82) is 0 Å². The Balaban J connectivity index is 1.77. The number of ether oxygens (including phenoxy) is 3. The van der Waals surface area contributed by atoms with Crippen molar-refractivity contribution < 1.29 is 19.0 Å². The highest BCUT2D eigenvalue weighted by Crippen LogP contribution is 2.16. The average molecular weight is 260 g/mol. The molecule has 98 valence electrons. The minimum Gasteiger partial charge on any atom is -0.459 e. The predicted molar refractivity (Wildman–Crippen MR) is 65.5 cm³/mol. The number of rotatable bonds is 3. The van der Waals surface area contributed by atoms with Crippen LogP contribution in [0.1, 0.15) is 10.4 Å². The summed E-state index contributed by atoms with van der Waals surface area (Å²) in [6.45, 7) is 0.875. The summed E-state index contributed by atoms with van der Waals surface area (Å²) >= 11 is 0. The highest BCUT2D eigenvalue weighted by molar-refractivity contribution is 6.02. The van der Waals surface area contributed by atoms with Crippen molar-refractivity contribution in [1.82, 2.24) is 10.2 Å². The molecule has 1 unspecified atom stereocenters. The van der Waals surface area contributed by atoms with Crippen LogP contribution >= 0.6 is 0 Å². The van der Waals surface area contributed by atoms with Gasteiger partial charge in [-0.05, 0) is 6.07 Å². The van der Waals surface area contributed by atoms with Crippen LogP contribution in [0.4, 0.5) is 0 Å². The van der Waals surface area contributed by atoms with Crippen molar-refractivity contribution in [3.8, 4) is 0 Å². The molecule has 0 N–H and O–H groups in total. The molecular formula is C13H12N2O4. The maximum Gasteiger partial charge on any atom is 0.340 e. The third-order valence-electron chi connectivity index (χ3n) is 2.86. The summed E-state index contributed by atoms with van der Waals surface area (Å²) in [5.74, 6) is -0.429. The van der Waals surface area contributed by atoms with Gasteiger partial charge in [0.25, 0.3) is 0 Å². The smallest absolute Gasteiger partial charge is 0.340 e. The molecule has 0 amide bonds. The van der Waals surface area contributed by atoms with Crippen molar-refractivity contribution >= 4 is 16.9 Å². The van der Waals surface area contributed by atoms with Gasteiger partial charge >= 0.3 is 5.97 Å². The molecular weight excluding hydrogens is 248 g/mol. The van der Waals surface area contributed by atoms with Crippen LogP contribution in [0.2, 0.25) is 0 Å². The van der Waals surface area contributed by atoms with Gasteiger partial charge < -0.3 is 14.2 Å². The van der Waals surface area contributed by atoms with Crippen molar-refractivity contribution in [3.63, 3.8) is 0 Å². The number of esters is 1. The van der Waals surface area contributed by atoms with Crippen LogP contribution in [-0.2, 0) is 14.2 Å². The van der Waals surface area contributed by atoms with Gasteiger partial charge in [0.1, 0.15) is 19.5 Å². The summed E-state index contributed by atoms with van der Waals surface area (Å²) in [5, 5.41) is 8.49. The lowest BCUT2D eigenvalue weighted by Gasteiger charge is -2.09.